The van der Waals surface area contributed by atoms with E-state index < -0.39 is 0 Å². The van der Waals surface area contributed by atoms with Crippen molar-refractivity contribution in [1.82, 2.24) is 23.9 Å². The van der Waals surface area contributed by atoms with E-state index in [1.54, 1.807) is 0 Å². The topological polar surface area (TPSA) is 48.0 Å². The van der Waals surface area contributed by atoms with Gasteiger partial charge in [-0.1, -0.05) is 0 Å². The average molecular weight is 273 g/mol. The Morgan fingerprint density at radius 3 is 2.86 bits per heavy atom. The number of hydrogen-bond donors (Lipinski definition) is 0. The van der Waals surface area contributed by atoms with E-state index in [2.05, 4.69) is 33.2 Å². The fraction of sp³-hybridized carbons (Fsp3) is 0.0625. The van der Waals surface area contributed by atoms with Crippen molar-refractivity contribution < 1.29 is 0 Å². The second kappa shape index (κ2) is 3.58. The van der Waals surface area contributed by atoms with E-state index in [4.69, 9.17) is 0 Å². The second-order valence-electron chi connectivity index (χ2n) is 5.27. The summed E-state index contributed by atoms with van der Waals surface area (Å²) in [5.74, 6) is 0. The van der Waals surface area contributed by atoms with E-state index in [0.29, 0.717) is 0 Å². The molecule has 0 spiro atoms. The van der Waals surface area contributed by atoms with E-state index in [0.717, 1.165) is 33.0 Å². The lowest BCUT2D eigenvalue weighted by Gasteiger charge is -2.08. The van der Waals surface area contributed by atoms with Crippen molar-refractivity contribution in [1.29, 1.82) is 0 Å². The summed E-state index contributed by atoms with van der Waals surface area (Å²) in [5, 5.41) is 3.45. The normalized spacial score (nSPS) is 12.0. The first-order valence-electron chi connectivity index (χ1n) is 6.76. The van der Waals surface area contributed by atoms with Crippen LogP contribution >= 0.6 is 0 Å². The smallest absolute Gasteiger partial charge is 0.146 e. The van der Waals surface area contributed by atoms with Gasteiger partial charge < -0.3 is 4.57 Å². The Kier molecular flexibility index (Phi) is 1.84. The molecule has 21 heavy (non-hydrogen) atoms. The molecule has 5 rings (SSSR count). The molecule has 4 heterocycles. The zero-order valence-electron chi connectivity index (χ0n) is 11.4. The Morgan fingerprint density at radius 2 is 1.90 bits per heavy atom. The molecule has 0 fully saturated rings. The van der Waals surface area contributed by atoms with Crippen molar-refractivity contribution in [2.45, 2.75) is 0 Å². The van der Waals surface area contributed by atoms with Crippen molar-refractivity contribution in [2.24, 2.45) is 7.05 Å². The van der Waals surface area contributed by atoms with Crippen LogP contribution in [0.3, 0.4) is 0 Å². The standard InChI is InChI=1S/C16H11N5/c1-20-9-19-13-5-11-10-3-2-4-18-16(10)21-8-17-7-15(21)12(11)6-14(13)20/h2-9H,1H3. The van der Waals surface area contributed by atoms with Crippen LogP contribution in [0.1, 0.15) is 0 Å². The highest BCUT2D eigenvalue weighted by molar-refractivity contribution is 6.15. The van der Waals surface area contributed by atoms with E-state index in [-0.39, 0.29) is 0 Å². The zero-order valence-corrected chi connectivity index (χ0v) is 11.4. The molecule has 0 aliphatic heterocycles. The maximum atomic E-state index is 4.51. The molecule has 1 aromatic carbocycles. The first-order chi connectivity index (χ1) is 10.3. The fourth-order valence-corrected chi connectivity index (χ4v) is 3.07. The van der Waals surface area contributed by atoms with E-state index in [9.17, 15) is 0 Å². The molecule has 0 saturated heterocycles. The molecule has 5 nitrogen and oxygen atoms in total. The molecule has 0 N–H and O–H groups in total. The summed E-state index contributed by atoms with van der Waals surface area (Å²) < 4.78 is 4.08. The third kappa shape index (κ3) is 1.27. The molecule has 0 amide bonds. The van der Waals surface area contributed by atoms with Gasteiger partial charge in [0.15, 0.2) is 0 Å². The number of hydrogen-bond acceptors (Lipinski definition) is 3. The molecule has 0 bridgehead atoms. The van der Waals surface area contributed by atoms with Crippen LogP contribution in [-0.2, 0) is 7.05 Å². The van der Waals surface area contributed by atoms with E-state index >= 15 is 0 Å². The number of imidazole rings is 2. The van der Waals surface area contributed by atoms with Gasteiger partial charge in [-0.3, -0.25) is 4.40 Å². The minimum atomic E-state index is 0.924. The van der Waals surface area contributed by atoms with Crippen LogP contribution in [0, 0.1) is 0 Å². The molecular weight excluding hydrogens is 262 g/mol. The first kappa shape index (κ1) is 10.8. The Labute approximate surface area is 119 Å². The largest absolute Gasteiger partial charge is 0.334 e. The van der Waals surface area contributed by atoms with Crippen molar-refractivity contribution >= 4 is 38.4 Å². The first-order valence-corrected chi connectivity index (χ1v) is 6.76. The van der Waals surface area contributed by atoms with Crippen LogP contribution in [0.2, 0.25) is 0 Å². The fourth-order valence-electron chi connectivity index (χ4n) is 3.07. The van der Waals surface area contributed by atoms with Gasteiger partial charge in [-0.15, -0.1) is 0 Å². The lowest BCUT2D eigenvalue weighted by molar-refractivity contribution is 0.948. The van der Waals surface area contributed by atoms with Gasteiger partial charge in [-0.05, 0) is 29.7 Å². The molecule has 0 unspecified atom stereocenters. The van der Waals surface area contributed by atoms with Gasteiger partial charge in [0.05, 0.1) is 29.1 Å². The Bertz CT molecular complexity index is 1150. The highest BCUT2D eigenvalue weighted by Gasteiger charge is 2.11. The second-order valence-corrected chi connectivity index (χ2v) is 5.27. The quantitative estimate of drug-likeness (QED) is 0.408. The van der Waals surface area contributed by atoms with Gasteiger partial charge in [0.25, 0.3) is 0 Å². The maximum Gasteiger partial charge on any atom is 0.146 e. The molecule has 0 radical (unpaired) electrons. The SMILES string of the molecule is Cn1cnc2cc3c(cc21)c1cncn1c1ncccc31. The summed E-state index contributed by atoms with van der Waals surface area (Å²) in [6, 6.07) is 8.38. The van der Waals surface area contributed by atoms with Gasteiger partial charge in [-0.2, -0.15) is 0 Å². The number of nitrogens with zero attached hydrogens (tertiary/aromatic N) is 5. The Balaban J connectivity index is 2.19. The summed E-state index contributed by atoms with van der Waals surface area (Å²) >= 11 is 0. The lowest BCUT2D eigenvalue weighted by Crippen LogP contribution is -1.92. The van der Waals surface area contributed by atoms with Crippen molar-refractivity contribution in [3.05, 3.63) is 49.3 Å². The Morgan fingerprint density at radius 1 is 0.952 bits per heavy atom. The van der Waals surface area contributed by atoms with Crippen LogP contribution in [0.25, 0.3) is 38.4 Å². The molecule has 4 aromatic heterocycles. The number of fused-ring (bicyclic) bond motifs is 7. The molecule has 5 heteroatoms. The predicted octanol–water partition coefficient (Wildman–Crippen LogP) is 2.92. The number of pyridine rings is 2. The van der Waals surface area contributed by atoms with Gasteiger partial charge in [-0.25, -0.2) is 15.0 Å². The predicted molar refractivity (Wildman–Crippen MR) is 82.3 cm³/mol. The van der Waals surface area contributed by atoms with Crippen LogP contribution in [-0.4, -0.2) is 23.9 Å². The van der Waals surface area contributed by atoms with Gasteiger partial charge in [0.1, 0.15) is 12.0 Å². The van der Waals surface area contributed by atoms with Crippen LogP contribution in [0.5, 0.6) is 0 Å². The number of aryl methyl sites for hydroxylation is 1. The van der Waals surface area contributed by atoms with Gasteiger partial charge in [0.2, 0.25) is 0 Å². The highest BCUT2D eigenvalue weighted by Crippen LogP contribution is 2.31. The molecule has 0 atom stereocenters. The van der Waals surface area contributed by atoms with Crippen LogP contribution < -0.4 is 0 Å². The number of benzene rings is 1. The third-order valence-electron chi connectivity index (χ3n) is 4.08. The van der Waals surface area contributed by atoms with Gasteiger partial charge in [0, 0.05) is 24.0 Å². The third-order valence-corrected chi connectivity index (χ3v) is 4.08. The maximum absolute atomic E-state index is 4.51. The minimum absolute atomic E-state index is 0.924. The molecule has 0 aliphatic rings. The summed E-state index contributed by atoms with van der Waals surface area (Å²) in [7, 11) is 2.01. The molecule has 100 valence electrons. The summed E-state index contributed by atoms with van der Waals surface area (Å²) in [6.45, 7) is 0. The lowest BCUT2D eigenvalue weighted by atomic mass is 10.1. The van der Waals surface area contributed by atoms with Crippen molar-refractivity contribution in [3.8, 4) is 0 Å². The zero-order chi connectivity index (χ0) is 14.0. The van der Waals surface area contributed by atoms with Gasteiger partial charge >= 0.3 is 0 Å². The summed E-state index contributed by atoms with van der Waals surface area (Å²) in [5.41, 5.74) is 4.11. The molecule has 0 aliphatic carbocycles. The molecule has 0 saturated carbocycles. The summed E-state index contributed by atoms with van der Waals surface area (Å²) in [4.78, 5) is 13.3. The molecule has 5 aromatic rings. The number of aromatic nitrogens is 5. The van der Waals surface area contributed by atoms with Crippen LogP contribution in [0.4, 0.5) is 0 Å². The summed E-state index contributed by atoms with van der Waals surface area (Å²) in [6.07, 6.45) is 7.36. The van der Waals surface area contributed by atoms with Crippen molar-refractivity contribution in [3.63, 3.8) is 0 Å². The van der Waals surface area contributed by atoms with E-state index in [1.807, 2.05) is 47.1 Å². The van der Waals surface area contributed by atoms with Crippen LogP contribution in [0.15, 0.2) is 49.3 Å². The number of rotatable bonds is 0. The molecular formula is C16H11N5. The van der Waals surface area contributed by atoms with Crippen molar-refractivity contribution in [2.75, 3.05) is 0 Å². The Hall–Kier alpha value is -2.95. The van der Waals surface area contributed by atoms with E-state index in [1.165, 1.54) is 5.39 Å². The monoisotopic (exact) mass is 273 g/mol. The average Bonchev–Trinajstić information content (AvgIpc) is 3.14. The highest BCUT2D eigenvalue weighted by atomic mass is 15.0. The minimum Gasteiger partial charge on any atom is -0.334 e.